The van der Waals surface area contributed by atoms with Gasteiger partial charge in [0.05, 0.1) is 10.7 Å². The molecule has 1 aliphatic heterocycles. The summed E-state index contributed by atoms with van der Waals surface area (Å²) < 4.78 is 0. The average molecular weight is 295 g/mol. The van der Waals surface area contributed by atoms with Gasteiger partial charge in [0.2, 0.25) is 0 Å². The fourth-order valence-electron chi connectivity index (χ4n) is 2.80. The van der Waals surface area contributed by atoms with E-state index in [1.807, 2.05) is 0 Å². The molecule has 0 radical (unpaired) electrons. The van der Waals surface area contributed by atoms with Crippen LogP contribution in [-0.2, 0) is 0 Å². The van der Waals surface area contributed by atoms with Gasteiger partial charge in [0, 0.05) is 17.5 Å². The molecule has 0 aromatic heterocycles. The summed E-state index contributed by atoms with van der Waals surface area (Å²) in [5.74, 6) is 0.806. The molecule has 1 saturated heterocycles. The van der Waals surface area contributed by atoms with Crippen LogP contribution in [-0.4, -0.2) is 18.9 Å². The first kappa shape index (κ1) is 15.3. The first-order valence-corrected chi connectivity index (χ1v) is 7.63. The van der Waals surface area contributed by atoms with Crippen molar-refractivity contribution in [3.05, 3.63) is 28.8 Å². The van der Waals surface area contributed by atoms with Crippen LogP contribution in [0.1, 0.15) is 43.5 Å². The molecule has 1 heterocycles. The molecule has 1 aromatic rings. The molecule has 3 nitrogen and oxygen atoms in total. The summed E-state index contributed by atoms with van der Waals surface area (Å²) in [5, 5.41) is 3.79. The number of rotatable bonds is 5. The van der Waals surface area contributed by atoms with Crippen molar-refractivity contribution in [3.63, 3.8) is 0 Å². The minimum atomic E-state index is -0.274. The third kappa shape index (κ3) is 3.15. The SMILES string of the molecule is CC(C)CCC1(C(=O)c2ccc(N)c(Cl)c2)CCNC1. The van der Waals surface area contributed by atoms with E-state index in [0.717, 1.165) is 32.4 Å². The number of nitrogens with two attached hydrogens (primary N) is 1. The fraction of sp³-hybridized carbons (Fsp3) is 0.562. The van der Waals surface area contributed by atoms with Crippen LogP contribution in [0.25, 0.3) is 0 Å². The van der Waals surface area contributed by atoms with Crippen LogP contribution in [0.4, 0.5) is 5.69 Å². The molecule has 0 spiro atoms. The number of benzene rings is 1. The zero-order valence-corrected chi connectivity index (χ0v) is 13.0. The van der Waals surface area contributed by atoms with E-state index in [1.165, 1.54) is 0 Å². The highest BCUT2D eigenvalue weighted by atomic mass is 35.5. The number of Topliss-reactive ketones (excluding diaryl/α,β-unsaturated/α-hetero) is 1. The van der Waals surface area contributed by atoms with Crippen LogP contribution in [0.5, 0.6) is 0 Å². The number of halogens is 1. The van der Waals surface area contributed by atoms with Gasteiger partial charge in [-0.1, -0.05) is 25.4 Å². The minimum absolute atomic E-state index is 0.199. The van der Waals surface area contributed by atoms with Crippen LogP contribution in [0.3, 0.4) is 0 Å². The van der Waals surface area contributed by atoms with Gasteiger partial charge >= 0.3 is 0 Å². The first-order valence-electron chi connectivity index (χ1n) is 7.25. The lowest BCUT2D eigenvalue weighted by atomic mass is 9.75. The van der Waals surface area contributed by atoms with Crippen molar-refractivity contribution in [3.8, 4) is 0 Å². The van der Waals surface area contributed by atoms with Gasteiger partial charge in [-0.25, -0.2) is 0 Å². The molecule has 110 valence electrons. The van der Waals surface area contributed by atoms with Gasteiger partial charge in [-0.15, -0.1) is 0 Å². The highest BCUT2D eigenvalue weighted by molar-refractivity contribution is 6.33. The maximum absolute atomic E-state index is 12.9. The molecule has 1 aromatic carbocycles. The van der Waals surface area contributed by atoms with Crippen LogP contribution in [0.2, 0.25) is 5.02 Å². The molecule has 20 heavy (non-hydrogen) atoms. The predicted octanol–water partition coefficient (Wildman–Crippen LogP) is 3.52. The van der Waals surface area contributed by atoms with Crippen LogP contribution in [0.15, 0.2) is 18.2 Å². The van der Waals surface area contributed by atoms with E-state index in [2.05, 4.69) is 19.2 Å². The van der Waals surface area contributed by atoms with Crippen molar-refractivity contribution < 1.29 is 4.79 Å². The number of carbonyl (C=O) groups excluding carboxylic acids is 1. The third-order valence-corrected chi connectivity index (χ3v) is 4.52. The number of hydrogen-bond donors (Lipinski definition) is 2. The van der Waals surface area contributed by atoms with E-state index in [0.29, 0.717) is 22.2 Å². The predicted molar refractivity (Wildman–Crippen MR) is 84.2 cm³/mol. The number of hydrogen-bond acceptors (Lipinski definition) is 3. The molecule has 0 aliphatic carbocycles. The lowest BCUT2D eigenvalue weighted by Crippen LogP contribution is -2.34. The van der Waals surface area contributed by atoms with Crippen molar-refractivity contribution in [2.45, 2.75) is 33.1 Å². The van der Waals surface area contributed by atoms with Crippen LogP contribution in [0, 0.1) is 11.3 Å². The van der Waals surface area contributed by atoms with Crippen molar-refractivity contribution in [1.29, 1.82) is 0 Å². The number of nitrogens with one attached hydrogen (secondary N) is 1. The lowest BCUT2D eigenvalue weighted by Gasteiger charge is -2.27. The fourth-order valence-corrected chi connectivity index (χ4v) is 2.98. The van der Waals surface area contributed by atoms with Crippen molar-refractivity contribution in [2.24, 2.45) is 11.3 Å². The molecular formula is C16H23ClN2O. The molecule has 0 bridgehead atoms. The molecule has 0 saturated carbocycles. The summed E-state index contributed by atoms with van der Waals surface area (Å²) >= 11 is 6.04. The maximum atomic E-state index is 12.9. The number of anilines is 1. The Morgan fingerprint density at radius 3 is 2.80 bits per heavy atom. The quantitative estimate of drug-likeness (QED) is 0.645. The van der Waals surface area contributed by atoms with Gasteiger partial charge in [0.15, 0.2) is 5.78 Å². The van der Waals surface area contributed by atoms with E-state index >= 15 is 0 Å². The second-order valence-corrected chi connectivity index (χ2v) is 6.61. The van der Waals surface area contributed by atoms with Crippen molar-refractivity contribution >= 4 is 23.1 Å². The number of nitrogen functional groups attached to an aromatic ring is 1. The summed E-state index contributed by atoms with van der Waals surface area (Å²) in [4.78, 5) is 12.9. The largest absolute Gasteiger partial charge is 0.398 e. The molecule has 1 aliphatic rings. The second kappa shape index (κ2) is 6.15. The van der Waals surface area contributed by atoms with E-state index in [4.69, 9.17) is 17.3 Å². The van der Waals surface area contributed by atoms with Crippen molar-refractivity contribution in [2.75, 3.05) is 18.8 Å². The highest BCUT2D eigenvalue weighted by Crippen LogP contribution is 2.37. The van der Waals surface area contributed by atoms with Gasteiger partial charge in [-0.3, -0.25) is 4.79 Å². The van der Waals surface area contributed by atoms with Gasteiger partial charge in [0.1, 0.15) is 0 Å². The second-order valence-electron chi connectivity index (χ2n) is 6.21. The summed E-state index contributed by atoms with van der Waals surface area (Å²) in [6, 6.07) is 5.21. The Balaban J connectivity index is 2.24. The Labute approximate surface area is 125 Å². The Kier molecular flexibility index (Phi) is 4.71. The number of ketones is 1. The molecule has 2 rings (SSSR count). The van der Waals surface area contributed by atoms with Crippen molar-refractivity contribution in [1.82, 2.24) is 5.32 Å². The average Bonchev–Trinajstić information content (AvgIpc) is 2.89. The highest BCUT2D eigenvalue weighted by Gasteiger charge is 2.41. The Morgan fingerprint density at radius 1 is 1.50 bits per heavy atom. The molecule has 1 fully saturated rings. The molecule has 1 atom stereocenters. The Hall–Kier alpha value is -1.06. The molecule has 0 amide bonds. The topological polar surface area (TPSA) is 55.1 Å². The standard InChI is InChI=1S/C16H23ClN2O/c1-11(2)5-6-16(7-8-19-10-16)15(20)12-3-4-14(18)13(17)9-12/h3-4,9,11,19H,5-8,10,18H2,1-2H3. The monoisotopic (exact) mass is 294 g/mol. The first-order chi connectivity index (χ1) is 9.44. The molecule has 4 heteroatoms. The van der Waals surface area contributed by atoms with E-state index in [1.54, 1.807) is 18.2 Å². The summed E-state index contributed by atoms with van der Waals surface area (Å²) in [6.07, 6.45) is 2.90. The smallest absolute Gasteiger partial charge is 0.170 e. The third-order valence-electron chi connectivity index (χ3n) is 4.19. The van der Waals surface area contributed by atoms with E-state index in [9.17, 15) is 4.79 Å². The zero-order valence-electron chi connectivity index (χ0n) is 12.2. The zero-order chi connectivity index (χ0) is 14.8. The minimum Gasteiger partial charge on any atom is -0.398 e. The van der Waals surface area contributed by atoms with Gasteiger partial charge in [0.25, 0.3) is 0 Å². The Morgan fingerprint density at radius 2 is 2.25 bits per heavy atom. The molecule has 1 unspecified atom stereocenters. The van der Waals surface area contributed by atoms with Crippen LogP contribution < -0.4 is 11.1 Å². The summed E-state index contributed by atoms with van der Waals surface area (Å²) in [7, 11) is 0. The maximum Gasteiger partial charge on any atom is 0.170 e. The van der Waals surface area contributed by atoms with Crippen LogP contribution >= 0.6 is 11.6 Å². The van der Waals surface area contributed by atoms with E-state index < -0.39 is 0 Å². The molecular weight excluding hydrogens is 272 g/mol. The van der Waals surface area contributed by atoms with Gasteiger partial charge < -0.3 is 11.1 Å². The molecule has 3 N–H and O–H groups in total. The summed E-state index contributed by atoms with van der Waals surface area (Å²) in [5.41, 5.74) is 6.64. The van der Waals surface area contributed by atoms with E-state index in [-0.39, 0.29) is 11.2 Å². The van der Waals surface area contributed by atoms with Gasteiger partial charge in [-0.2, -0.15) is 0 Å². The lowest BCUT2D eigenvalue weighted by molar-refractivity contribution is 0.0794. The summed E-state index contributed by atoms with van der Waals surface area (Å²) in [6.45, 7) is 6.06. The van der Waals surface area contributed by atoms with Gasteiger partial charge in [-0.05, 0) is 49.9 Å². The Bertz CT molecular complexity index is 493. The normalized spacial score (nSPS) is 22.4. The number of carbonyl (C=O) groups is 1.